The standard InChI is InChI=1S/C34H27B2FN2O/c1-34(2,3)27-28(35)30(39-33(36)29(27)37)25-11-7-10-24-26-22(18-38)16-17-23(32(26)40-31(24)25)21-14-12-20(13-15-21)19-8-5-4-6-9-19/h4-17H,35-36H2,1-3H3. The van der Waals surface area contributed by atoms with E-state index in [1.807, 2.05) is 77.1 Å². The molecule has 0 bridgehead atoms. The Labute approximate surface area is 235 Å². The van der Waals surface area contributed by atoms with E-state index in [0.29, 0.717) is 33.6 Å². The summed E-state index contributed by atoms with van der Waals surface area (Å²) < 4.78 is 21.9. The molecule has 0 saturated heterocycles. The maximum absolute atomic E-state index is 15.3. The fourth-order valence-corrected chi connectivity index (χ4v) is 5.80. The Morgan fingerprint density at radius 3 is 2.12 bits per heavy atom. The van der Waals surface area contributed by atoms with E-state index < -0.39 is 5.41 Å². The van der Waals surface area contributed by atoms with Crippen LogP contribution in [0.5, 0.6) is 0 Å². The lowest BCUT2D eigenvalue weighted by atomic mass is 9.74. The lowest BCUT2D eigenvalue weighted by molar-refractivity contribution is 0.528. The summed E-state index contributed by atoms with van der Waals surface area (Å²) in [5.74, 6) is -0.265. The first kappa shape index (κ1) is 25.6. The molecule has 0 unspecified atom stereocenters. The predicted octanol–water partition coefficient (Wildman–Crippen LogP) is 5.81. The van der Waals surface area contributed by atoms with E-state index >= 15 is 4.39 Å². The van der Waals surface area contributed by atoms with E-state index in [-0.39, 0.29) is 5.82 Å². The quantitative estimate of drug-likeness (QED) is 0.277. The summed E-state index contributed by atoms with van der Waals surface area (Å²) in [6.07, 6.45) is 0. The van der Waals surface area contributed by atoms with Crippen molar-refractivity contribution in [2.45, 2.75) is 26.2 Å². The third kappa shape index (κ3) is 4.10. The summed E-state index contributed by atoms with van der Waals surface area (Å²) in [5, 5.41) is 11.6. The summed E-state index contributed by atoms with van der Waals surface area (Å²) in [6.45, 7) is 6.04. The van der Waals surface area contributed by atoms with Crippen LogP contribution in [-0.4, -0.2) is 20.7 Å². The van der Waals surface area contributed by atoms with Crippen LogP contribution in [0.1, 0.15) is 31.9 Å². The Kier molecular flexibility index (Phi) is 6.11. The number of benzene rings is 4. The molecule has 3 nitrogen and oxygen atoms in total. The molecule has 6 aromatic rings. The number of pyridine rings is 1. The molecule has 0 fully saturated rings. The number of aromatic nitrogens is 1. The van der Waals surface area contributed by atoms with Crippen LogP contribution < -0.4 is 11.1 Å². The zero-order valence-corrected chi connectivity index (χ0v) is 23.3. The van der Waals surface area contributed by atoms with Crippen molar-refractivity contribution >= 4 is 48.7 Å². The number of furan rings is 1. The molecule has 0 aliphatic carbocycles. The van der Waals surface area contributed by atoms with Crippen molar-refractivity contribution in [3.05, 3.63) is 102 Å². The molecule has 40 heavy (non-hydrogen) atoms. The average molecular weight is 520 g/mol. The highest BCUT2D eigenvalue weighted by molar-refractivity contribution is 6.39. The van der Waals surface area contributed by atoms with Gasteiger partial charge in [-0.2, -0.15) is 5.26 Å². The number of hydrogen-bond acceptors (Lipinski definition) is 3. The number of rotatable bonds is 3. The minimum atomic E-state index is -0.397. The molecule has 0 spiro atoms. The van der Waals surface area contributed by atoms with Gasteiger partial charge >= 0.3 is 0 Å². The Morgan fingerprint density at radius 1 is 0.775 bits per heavy atom. The second-order valence-electron chi connectivity index (χ2n) is 11.3. The molecule has 0 radical (unpaired) electrons. The van der Waals surface area contributed by atoms with Gasteiger partial charge in [0.1, 0.15) is 24.8 Å². The van der Waals surface area contributed by atoms with Crippen LogP contribution in [-0.2, 0) is 5.41 Å². The van der Waals surface area contributed by atoms with Gasteiger partial charge in [0.2, 0.25) is 0 Å². The average Bonchev–Trinajstić information content (AvgIpc) is 3.35. The number of fused-ring (bicyclic) bond motifs is 3. The van der Waals surface area contributed by atoms with Gasteiger partial charge in [0.15, 0.2) is 7.85 Å². The molecule has 0 atom stereocenters. The van der Waals surface area contributed by atoms with Gasteiger partial charge in [-0.1, -0.05) is 93.0 Å². The second-order valence-corrected chi connectivity index (χ2v) is 11.3. The van der Waals surface area contributed by atoms with Gasteiger partial charge in [-0.05, 0) is 45.9 Å². The van der Waals surface area contributed by atoms with Gasteiger partial charge < -0.3 is 4.42 Å². The Bertz CT molecular complexity index is 1970. The van der Waals surface area contributed by atoms with Gasteiger partial charge in [-0.15, -0.1) is 0 Å². The van der Waals surface area contributed by atoms with Crippen LogP contribution in [0.15, 0.2) is 89.3 Å². The molecule has 0 saturated carbocycles. The first-order valence-corrected chi connectivity index (χ1v) is 13.4. The lowest BCUT2D eigenvalue weighted by Crippen LogP contribution is -2.34. The van der Waals surface area contributed by atoms with E-state index in [0.717, 1.165) is 44.1 Å². The molecule has 2 heterocycles. The first-order valence-electron chi connectivity index (χ1n) is 13.4. The summed E-state index contributed by atoms with van der Waals surface area (Å²) in [5.41, 5.74) is 8.92. The molecule has 2 aromatic heterocycles. The van der Waals surface area contributed by atoms with E-state index in [1.165, 1.54) is 0 Å². The molecule has 6 rings (SSSR count). The fraction of sp³-hybridized carbons (Fsp3) is 0.118. The lowest BCUT2D eigenvalue weighted by Gasteiger charge is -2.25. The zero-order valence-electron chi connectivity index (χ0n) is 23.3. The van der Waals surface area contributed by atoms with Crippen molar-refractivity contribution in [2.24, 2.45) is 0 Å². The van der Waals surface area contributed by atoms with Gasteiger partial charge in [-0.25, -0.2) is 4.39 Å². The summed E-state index contributed by atoms with van der Waals surface area (Å²) in [6, 6.07) is 30.7. The topological polar surface area (TPSA) is 49.8 Å². The summed E-state index contributed by atoms with van der Waals surface area (Å²) >= 11 is 0. The molecule has 4 aromatic carbocycles. The van der Waals surface area contributed by atoms with Crippen molar-refractivity contribution in [3.8, 4) is 39.6 Å². The maximum atomic E-state index is 15.3. The van der Waals surface area contributed by atoms with Crippen molar-refractivity contribution in [2.75, 3.05) is 0 Å². The fourth-order valence-electron chi connectivity index (χ4n) is 5.80. The first-order chi connectivity index (χ1) is 19.2. The highest BCUT2D eigenvalue weighted by Crippen LogP contribution is 2.41. The van der Waals surface area contributed by atoms with Crippen LogP contribution >= 0.6 is 0 Å². The molecule has 0 aliphatic heterocycles. The van der Waals surface area contributed by atoms with E-state index in [1.54, 1.807) is 7.85 Å². The summed E-state index contributed by atoms with van der Waals surface area (Å²) in [7, 11) is 3.63. The maximum Gasteiger partial charge on any atom is 0.167 e. The number of para-hydroxylation sites is 1. The van der Waals surface area contributed by atoms with Crippen molar-refractivity contribution in [1.82, 2.24) is 4.98 Å². The number of nitriles is 1. The molecule has 6 heteroatoms. The van der Waals surface area contributed by atoms with E-state index in [2.05, 4.69) is 42.5 Å². The van der Waals surface area contributed by atoms with Crippen molar-refractivity contribution in [1.29, 1.82) is 5.26 Å². The van der Waals surface area contributed by atoms with Crippen molar-refractivity contribution in [3.63, 3.8) is 0 Å². The molecular formula is C34H27B2FN2O. The molecule has 0 amide bonds. The molecule has 0 aliphatic rings. The summed E-state index contributed by atoms with van der Waals surface area (Å²) in [4.78, 5) is 4.70. The van der Waals surface area contributed by atoms with E-state index in [9.17, 15) is 5.26 Å². The predicted molar refractivity (Wildman–Crippen MR) is 168 cm³/mol. The Balaban J connectivity index is 1.60. The zero-order chi connectivity index (χ0) is 28.2. The van der Waals surface area contributed by atoms with E-state index in [4.69, 9.17) is 9.40 Å². The van der Waals surface area contributed by atoms with Crippen LogP contribution in [0.4, 0.5) is 4.39 Å². The van der Waals surface area contributed by atoms with Crippen LogP contribution in [0.3, 0.4) is 0 Å². The Hall–Kier alpha value is -4.62. The number of halogens is 1. The molecule has 0 N–H and O–H groups in total. The minimum absolute atomic E-state index is 0.265. The van der Waals surface area contributed by atoms with Gasteiger partial charge in [0, 0.05) is 27.5 Å². The van der Waals surface area contributed by atoms with Gasteiger partial charge in [0.05, 0.1) is 17.3 Å². The molecular weight excluding hydrogens is 493 g/mol. The van der Waals surface area contributed by atoms with Crippen LogP contribution in [0, 0.1) is 17.1 Å². The normalized spacial score (nSPS) is 11.7. The minimum Gasteiger partial charge on any atom is -0.455 e. The van der Waals surface area contributed by atoms with Gasteiger partial charge in [-0.3, -0.25) is 4.98 Å². The van der Waals surface area contributed by atoms with Crippen LogP contribution in [0.25, 0.3) is 55.4 Å². The monoisotopic (exact) mass is 520 g/mol. The van der Waals surface area contributed by atoms with Crippen LogP contribution in [0.2, 0.25) is 0 Å². The molecule has 192 valence electrons. The third-order valence-electron chi connectivity index (χ3n) is 7.62. The van der Waals surface area contributed by atoms with Gasteiger partial charge in [0.25, 0.3) is 0 Å². The number of nitrogens with zero attached hydrogens (tertiary/aromatic N) is 2. The third-order valence-corrected chi connectivity index (χ3v) is 7.62. The second kappa shape index (κ2) is 9.54. The highest BCUT2D eigenvalue weighted by Gasteiger charge is 2.27. The highest BCUT2D eigenvalue weighted by atomic mass is 19.1. The van der Waals surface area contributed by atoms with Crippen molar-refractivity contribution < 1.29 is 8.81 Å². The Morgan fingerprint density at radius 2 is 1.45 bits per heavy atom. The smallest absolute Gasteiger partial charge is 0.167 e. The number of hydrogen-bond donors (Lipinski definition) is 0. The SMILES string of the molecule is Bc1nc(-c2cccc3c2oc2c(-c4ccc(-c5ccccc5)cc4)ccc(C#N)c23)c(B)c(C(C)(C)C)c1F. The largest absolute Gasteiger partial charge is 0.455 e.